The van der Waals surface area contributed by atoms with Crippen molar-refractivity contribution in [1.82, 2.24) is 0 Å². The molecule has 4 aromatic rings. The highest BCUT2D eigenvalue weighted by atomic mass is 16.2. The van der Waals surface area contributed by atoms with Crippen molar-refractivity contribution in [3.8, 4) is 0 Å². The lowest BCUT2D eigenvalue weighted by Crippen LogP contribution is -2.49. The Balaban J connectivity index is 1.29. The number of benzene rings is 4. The standard InChI is InChI=1S/C34H28N2O3/c1-19-15-20(2)17-22(16-19)35-31(37)21-9-8-10-23(18-21)36-32(38)30-28-24-11-4-6-13-26(24)29(34(30,3)33(36)39)27-14-7-5-12-25(27)28/h4-18,28-30H,1-3H3,(H,35,37)/t28?,29?,30-,34-/m0/s1. The summed E-state index contributed by atoms with van der Waals surface area (Å²) in [5.41, 5.74) is 7.25. The second-order valence-electron chi connectivity index (χ2n) is 11.3. The van der Waals surface area contributed by atoms with E-state index >= 15 is 0 Å². The zero-order valence-corrected chi connectivity index (χ0v) is 22.1. The number of nitrogens with zero attached hydrogens (tertiary/aromatic N) is 1. The number of amides is 3. The number of hydrogen-bond acceptors (Lipinski definition) is 3. The molecule has 0 saturated carbocycles. The van der Waals surface area contributed by atoms with Gasteiger partial charge in [0.05, 0.1) is 17.0 Å². The van der Waals surface area contributed by atoms with E-state index < -0.39 is 11.3 Å². The van der Waals surface area contributed by atoms with Crippen molar-refractivity contribution in [2.75, 3.05) is 10.2 Å². The smallest absolute Gasteiger partial charge is 0.255 e. The van der Waals surface area contributed by atoms with Crippen LogP contribution in [-0.2, 0) is 9.59 Å². The second kappa shape index (κ2) is 8.24. The molecule has 3 aliphatic carbocycles. The molecule has 1 fully saturated rings. The summed E-state index contributed by atoms with van der Waals surface area (Å²) in [6, 6.07) is 29.1. The second-order valence-corrected chi connectivity index (χ2v) is 11.3. The summed E-state index contributed by atoms with van der Waals surface area (Å²) >= 11 is 0. The van der Waals surface area contributed by atoms with Crippen LogP contribution in [0, 0.1) is 25.2 Å². The maximum Gasteiger partial charge on any atom is 0.255 e. The summed E-state index contributed by atoms with van der Waals surface area (Å²) in [7, 11) is 0. The highest BCUT2D eigenvalue weighted by Crippen LogP contribution is 2.67. The van der Waals surface area contributed by atoms with E-state index in [4.69, 9.17) is 0 Å². The van der Waals surface area contributed by atoms with Gasteiger partial charge in [-0.1, -0.05) is 60.7 Å². The maximum absolute atomic E-state index is 14.3. The van der Waals surface area contributed by atoms with E-state index in [1.807, 2.05) is 63.2 Å². The molecule has 2 atom stereocenters. The van der Waals surface area contributed by atoms with Crippen molar-refractivity contribution < 1.29 is 14.4 Å². The fraction of sp³-hybridized carbons (Fsp3) is 0.206. The van der Waals surface area contributed by atoms with E-state index in [1.165, 1.54) is 4.90 Å². The first kappa shape index (κ1) is 23.6. The van der Waals surface area contributed by atoms with Crippen LogP contribution in [0.15, 0.2) is 91.0 Å². The largest absolute Gasteiger partial charge is 0.322 e. The van der Waals surface area contributed by atoms with Gasteiger partial charge in [0.15, 0.2) is 0 Å². The fourth-order valence-electron chi connectivity index (χ4n) is 7.40. The first-order valence-corrected chi connectivity index (χ1v) is 13.3. The number of anilines is 2. The fourth-order valence-corrected chi connectivity index (χ4v) is 7.40. The Bertz CT molecular complexity index is 1660. The van der Waals surface area contributed by atoms with Gasteiger partial charge < -0.3 is 5.32 Å². The summed E-state index contributed by atoms with van der Waals surface area (Å²) in [4.78, 5) is 43.1. The summed E-state index contributed by atoms with van der Waals surface area (Å²) in [5.74, 6) is -1.60. The Hall–Kier alpha value is -4.51. The third-order valence-corrected chi connectivity index (χ3v) is 8.86. The SMILES string of the molecule is Cc1cc(C)cc(NC(=O)c2cccc(N3C(=O)[C@@H]4C5c6ccccc6C(c6ccccc65)[C@]4(C)C3=O)c2)c1. The monoisotopic (exact) mass is 512 g/mol. The van der Waals surface area contributed by atoms with Gasteiger partial charge in [-0.2, -0.15) is 0 Å². The summed E-state index contributed by atoms with van der Waals surface area (Å²) < 4.78 is 0. The number of carbonyl (C=O) groups excluding carboxylic acids is 3. The molecule has 4 aliphatic rings. The van der Waals surface area contributed by atoms with Gasteiger partial charge in [0, 0.05) is 23.1 Å². The van der Waals surface area contributed by atoms with Crippen molar-refractivity contribution in [2.45, 2.75) is 32.6 Å². The van der Waals surface area contributed by atoms with Gasteiger partial charge in [0.2, 0.25) is 11.8 Å². The molecular weight excluding hydrogens is 484 g/mol. The van der Waals surface area contributed by atoms with Crippen LogP contribution < -0.4 is 10.2 Å². The quantitative estimate of drug-likeness (QED) is 0.326. The summed E-state index contributed by atoms with van der Waals surface area (Å²) in [6.45, 7) is 5.92. The van der Waals surface area contributed by atoms with Crippen LogP contribution >= 0.6 is 0 Å². The van der Waals surface area contributed by atoms with E-state index in [9.17, 15) is 14.4 Å². The van der Waals surface area contributed by atoms with Crippen molar-refractivity contribution in [3.63, 3.8) is 0 Å². The normalized spacial score (nSPS) is 24.3. The number of imide groups is 1. The third kappa shape index (κ3) is 3.22. The van der Waals surface area contributed by atoms with Gasteiger partial charge in [0.25, 0.3) is 5.91 Å². The molecule has 2 bridgehead atoms. The molecule has 3 amide bonds. The van der Waals surface area contributed by atoms with Gasteiger partial charge in [0.1, 0.15) is 0 Å². The van der Waals surface area contributed by atoms with E-state index in [0.29, 0.717) is 16.9 Å². The highest BCUT2D eigenvalue weighted by Gasteiger charge is 2.68. The number of nitrogens with one attached hydrogen (secondary N) is 1. The topological polar surface area (TPSA) is 66.5 Å². The van der Waals surface area contributed by atoms with Crippen molar-refractivity contribution in [2.24, 2.45) is 11.3 Å². The maximum atomic E-state index is 14.3. The molecule has 192 valence electrons. The van der Waals surface area contributed by atoms with Crippen LogP contribution in [0.25, 0.3) is 0 Å². The van der Waals surface area contributed by atoms with Crippen LogP contribution in [0.5, 0.6) is 0 Å². The van der Waals surface area contributed by atoms with Crippen molar-refractivity contribution >= 4 is 29.1 Å². The van der Waals surface area contributed by atoms with Crippen LogP contribution in [0.3, 0.4) is 0 Å². The lowest BCUT2D eigenvalue weighted by atomic mass is 9.48. The molecule has 5 nitrogen and oxygen atoms in total. The van der Waals surface area contributed by atoms with E-state index in [2.05, 4.69) is 29.6 Å². The predicted octanol–water partition coefficient (Wildman–Crippen LogP) is 6.34. The van der Waals surface area contributed by atoms with Crippen LogP contribution in [0.1, 0.15) is 62.5 Å². The molecule has 0 unspecified atom stereocenters. The molecule has 1 saturated heterocycles. The number of hydrogen-bond donors (Lipinski definition) is 1. The van der Waals surface area contributed by atoms with E-state index in [1.54, 1.807) is 24.3 Å². The minimum atomic E-state index is -0.915. The van der Waals surface area contributed by atoms with Gasteiger partial charge in [-0.3, -0.25) is 14.4 Å². The first-order valence-electron chi connectivity index (χ1n) is 13.3. The summed E-state index contributed by atoms with van der Waals surface area (Å²) in [5, 5.41) is 2.96. The van der Waals surface area contributed by atoms with Crippen LogP contribution in [0.4, 0.5) is 11.4 Å². The molecule has 0 spiro atoms. The molecule has 1 heterocycles. The Labute approximate surface area is 227 Å². The number of aryl methyl sites for hydroxylation is 2. The highest BCUT2D eigenvalue weighted by molar-refractivity contribution is 6.25. The zero-order chi connectivity index (χ0) is 27.1. The van der Waals surface area contributed by atoms with Gasteiger partial charge in [-0.05, 0) is 84.5 Å². The van der Waals surface area contributed by atoms with Gasteiger partial charge >= 0.3 is 0 Å². The minimum absolute atomic E-state index is 0.190. The van der Waals surface area contributed by atoms with Gasteiger partial charge in [-0.15, -0.1) is 0 Å². The Kier molecular flexibility index (Phi) is 4.99. The summed E-state index contributed by atoms with van der Waals surface area (Å²) in [6.07, 6.45) is 0. The van der Waals surface area contributed by atoms with Gasteiger partial charge in [-0.25, -0.2) is 4.90 Å². The molecule has 5 heteroatoms. The number of rotatable bonds is 3. The zero-order valence-electron chi connectivity index (χ0n) is 22.1. The first-order chi connectivity index (χ1) is 18.8. The third-order valence-electron chi connectivity index (χ3n) is 8.86. The lowest BCUT2D eigenvalue weighted by Gasteiger charge is -2.51. The average molecular weight is 513 g/mol. The average Bonchev–Trinajstić information content (AvgIpc) is 3.13. The molecule has 8 rings (SSSR count). The Morgan fingerprint density at radius 3 is 1.97 bits per heavy atom. The number of carbonyl (C=O) groups is 3. The van der Waals surface area contributed by atoms with E-state index in [0.717, 1.165) is 33.4 Å². The van der Waals surface area contributed by atoms with Crippen LogP contribution in [0.2, 0.25) is 0 Å². The lowest BCUT2D eigenvalue weighted by molar-refractivity contribution is -0.128. The molecule has 1 aliphatic heterocycles. The molecule has 39 heavy (non-hydrogen) atoms. The molecule has 0 radical (unpaired) electrons. The molecule has 1 N–H and O–H groups in total. The Morgan fingerprint density at radius 1 is 0.769 bits per heavy atom. The predicted molar refractivity (Wildman–Crippen MR) is 151 cm³/mol. The van der Waals surface area contributed by atoms with Crippen molar-refractivity contribution in [1.29, 1.82) is 0 Å². The molecule has 0 aromatic heterocycles. The molecular formula is C34H28N2O3. The van der Waals surface area contributed by atoms with Crippen molar-refractivity contribution in [3.05, 3.63) is 130 Å². The van der Waals surface area contributed by atoms with Crippen LogP contribution in [-0.4, -0.2) is 17.7 Å². The molecule has 4 aromatic carbocycles. The van der Waals surface area contributed by atoms with E-state index in [-0.39, 0.29) is 29.6 Å². The minimum Gasteiger partial charge on any atom is -0.322 e. The Morgan fingerprint density at radius 2 is 1.36 bits per heavy atom.